The first-order chi connectivity index (χ1) is 17.5. The van der Waals surface area contributed by atoms with Crippen LogP contribution in [0.3, 0.4) is 0 Å². The highest BCUT2D eigenvalue weighted by Crippen LogP contribution is 2.11. The fourth-order valence-corrected chi connectivity index (χ4v) is 3.59. The number of nitrogens with one attached hydrogen (secondary N) is 3. The van der Waals surface area contributed by atoms with Gasteiger partial charge in [-0.1, -0.05) is 50.6 Å². The lowest BCUT2D eigenvalue weighted by Crippen LogP contribution is -2.59. The Balaban J connectivity index is 3.00. The predicted molar refractivity (Wildman–Crippen MR) is 136 cm³/mol. The van der Waals surface area contributed by atoms with Gasteiger partial charge in [-0.25, -0.2) is 4.79 Å². The quantitative estimate of drug-likeness (QED) is 0.134. The number of hydrogen-bond acceptors (Lipinski definition) is 7. The van der Waals surface area contributed by atoms with Crippen molar-refractivity contribution in [2.24, 2.45) is 17.4 Å². The zero-order valence-electron chi connectivity index (χ0n) is 21.3. The van der Waals surface area contributed by atoms with Crippen LogP contribution >= 0.6 is 0 Å². The van der Waals surface area contributed by atoms with Crippen molar-refractivity contribution in [1.82, 2.24) is 16.0 Å². The predicted octanol–water partition coefficient (Wildman–Crippen LogP) is -0.255. The van der Waals surface area contributed by atoms with Crippen molar-refractivity contribution in [1.29, 1.82) is 0 Å². The van der Waals surface area contributed by atoms with E-state index in [1.807, 2.05) is 30.3 Å². The molecule has 37 heavy (non-hydrogen) atoms. The first-order valence-electron chi connectivity index (χ1n) is 12.3. The maximum Gasteiger partial charge on any atom is 0.326 e. The minimum absolute atomic E-state index is 0.248. The van der Waals surface area contributed by atoms with Gasteiger partial charge >= 0.3 is 11.9 Å². The van der Waals surface area contributed by atoms with Crippen molar-refractivity contribution in [3.05, 3.63) is 35.9 Å². The van der Waals surface area contributed by atoms with Crippen LogP contribution in [0.25, 0.3) is 0 Å². The number of unbranched alkanes of at least 4 members (excludes halogenated alkanes) is 1. The van der Waals surface area contributed by atoms with Crippen LogP contribution in [0, 0.1) is 5.92 Å². The van der Waals surface area contributed by atoms with E-state index in [0.29, 0.717) is 25.8 Å². The molecular formula is C25H39N5O7. The third kappa shape index (κ3) is 11.4. The summed E-state index contributed by atoms with van der Waals surface area (Å²) in [7, 11) is 0. The molecule has 0 aliphatic heterocycles. The summed E-state index contributed by atoms with van der Waals surface area (Å²) in [6.07, 6.45) is 1.30. The van der Waals surface area contributed by atoms with Gasteiger partial charge in [-0.05, 0) is 43.7 Å². The average Bonchev–Trinajstić information content (AvgIpc) is 2.85. The van der Waals surface area contributed by atoms with Crippen molar-refractivity contribution in [2.45, 2.75) is 76.5 Å². The third-order valence-corrected chi connectivity index (χ3v) is 6.00. The molecule has 0 radical (unpaired) electrons. The second-order valence-corrected chi connectivity index (χ2v) is 9.01. The summed E-state index contributed by atoms with van der Waals surface area (Å²) in [5.41, 5.74) is 12.5. The van der Waals surface area contributed by atoms with Gasteiger partial charge < -0.3 is 37.6 Å². The molecule has 0 saturated heterocycles. The highest BCUT2D eigenvalue weighted by atomic mass is 16.4. The zero-order valence-corrected chi connectivity index (χ0v) is 21.3. The summed E-state index contributed by atoms with van der Waals surface area (Å²) >= 11 is 0. The van der Waals surface area contributed by atoms with Crippen molar-refractivity contribution in [3.63, 3.8) is 0 Å². The lowest BCUT2D eigenvalue weighted by molar-refractivity contribution is -0.147. The summed E-state index contributed by atoms with van der Waals surface area (Å²) < 4.78 is 0. The number of nitrogens with two attached hydrogens (primary N) is 2. The van der Waals surface area contributed by atoms with E-state index in [4.69, 9.17) is 16.6 Å². The Bertz CT molecular complexity index is 912. The lowest BCUT2D eigenvalue weighted by atomic mass is 9.96. The Morgan fingerprint density at radius 1 is 0.892 bits per heavy atom. The number of carboxylic acids is 2. The van der Waals surface area contributed by atoms with Crippen LogP contribution in [-0.2, 0) is 30.4 Å². The van der Waals surface area contributed by atoms with Gasteiger partial charge in [-0.2, -0.15) is 0 Å². The molecule has 1 aromatic rings. The van der Waals surface area contributed by atoms with Gasteiger partial charge in [0.1, 0.15) is 18.1 Å². The van der Waals surface area contributed by atoms with Gasteiger partial charge in [0, 0.05) is 0 Å². The monoisotopic (exact) mass is 521 g/mol. The smallest absolute Gasteiger partial charge is 0.326 e. The highest BCUT2D eigenvalue weighted by molar-refractivity contribution is 5.94. The van der Waals surface area contributed by atoms with Gasteiger partial charge in [0.25, 0.3) is 0 Å². The second-order valence-electron chi connectivity index (χ2n) is 9.01. The maximum atomic E-state index is 13.2. The summed E-state index contributed by atoms with van der Waals surface area (Å²) in [6.45, 7) is 3.87. The Morgan fingerprint density at radius 3 is 2.05 bits per heavy atom. The molecule has 0 bridgehead atoms. The molecule has 0 aromatic heterocycles. The van der Waals surface area contributed by atoms with Crippen LogP contribution in [0.15, 0.2) is 30.3 Å². The number of hydrogen-bond donors (Lipinski definition) is 7. The Morgan fingerprint density at radius 2 is 1.51 bits per heavy atom. The molecule has 0 fully saturated rings. The molecule has 1 rings (SSSR count). The lowest BCUT2D eigenvalue weighted by Gasteiger charge is -2.28. The van der Waals surface area contributed by atoms with E-state index in [2.05, 4.69) is 16.0 Å². The number of amides is 3. The summed E-state index contributed by atoms with van der Waals surface area (Å²) in [5.74, 6) is -5.32. The molecule has 5 atom stereocenters. The van der Waals surface area contributed by atoms with Gasteiger partial charge in [0.2, 0.25) is 17.7 Å². The minimum atomic E-state index is -1.66. The molecule has 3 amide bonds. The number of aliphatic carboxylic acids is 2. The maximum absolute atomic E-state index is 13.2. The van der Waals surface area contributed by atoms with Crippen LogP contribution in [0.1, 0.15) is 51.5 Å². The van der Waals surface area contributed by atoms with Crippen molar-refractivity contribution in [3.8, 4) is 0 Å². The van der Waals surface area contributed by atoms with Gasteiger partial charge in [0.15, 0.2) is 0 Å². The van der Waals surface area contributed by atoms with Gasteiger partial charge in [-0.3, -0.25) is 19.2 Å². The topological polar surface area (TPSA) is 214 Å². The molecular weight excluding hydrogens is 482 g/mol. The number of carbonyl (C=O) groups excluding carboxylic acids is 3. The molecule has 12 nitrogen and oxygen atoms in total. The standard InChI is InChI=1S/C25H39N5O7/c1-3-15(2)21(24(35)29-19(25(36)37)14-20(31)32)30-23(34)18(11-7-8-12-26)28-22(33)17(27)13-16-9-5-4-6-10-16/h4-6,9-10,15,17-19,21H,3,7-8,11-14,26-27H2,1-2H3,(H,28,33)(H,29,35)(H,30,34)(H,31,32)(H,36,37). The van der Waals surface area contributed by atoms with E-state index in [1.54, 1.807) is 13.8 Å². The molecule has 0 aliphatic carbocycles. The van der Waals surface area contributed by atoms with Gasteiger partial charge in [-0.15, -0.1) is 0 Å². The van der Waals surface area contributed by atoms with E-state index in [-0.39, 0.29) is 12.8 Å². The fourth-order valence-electron chi connectivity index (χ4n) is 3.59. The summed E-state index contributed by atoms with van der Waals surface area (Å²) in [6, 6.07) is 4.44. The molecule has 1 aromatic carbocycles. The summed E-state index contributed by atoms with van der Waals surface area (Å²) in [4.78, 5) is 61.2. The minimum Gasteiger partial charge on any atom is -0.481 e. The number of carbonyl (C=O) groups is 5. The van der Waals surface area contributed by atoms with Crippen molar-refractivity contribution < 1.29 is 34.2 Å². The van der Waals surface area contributed by atoms with Gasteiger partial charge in [0.05, 0.1) is 12.5 Å². The Kier molecular flexibility index (Phi) is 13.9. The highest BCUT2D eigenvalue weighted by Gasteiger charge is 2.33. The average molecular weight is 522 g/mol. The molecule has 5 unspecified atom stereocenters. The molecule has 9 N–H and O–H groups in total. The van der Waals surface area contributed by atoms with Crippen LogP contribution in [0.2, 0.25) is 0 Å². The van der Waals surface area contributed by atoms with E-state index in [0.717, 1.165) is 5.56 Å². The number of rotatable bonds is 17. The molecule has 206 valence electrons. The Hall–Kier alpha value is -3.51. The number of benzene rings is 1. The third-order valence-electron chi connectivity index (χ3n) is 6.00. The van der Waals surface area contributed by atoms with E-state index in [9.17, 15) is 29.1 Å². The molecule has 0 spiro atoms. The van der Waals surface area contributed by atoms with E-state index >= 15 is 0 Å². The first kappa shape index (κ1) is 31.5. The SMILES string of the molecule is CCC(C)C(NC(=O)C(CCCCN)NC(=O)C(N)Cc1ccccc1)C(=O)NC(CC(=O)O)C(=O)O. The van der Waals surface area contributed by atoms with Crippen LogP contribution < -0.4 is 27.4 Å². The largest absolute Gasteiger partial charge is 0.481 e. The molecule has 0 heterocycles. The Labute approximate surface area is 216 Å². The van der Waals surface area contributed by atoms with Crippen LogP contribution in [0.5, 0.6) is 0 Å². The first-order valence-corrected chi connectivity index (χ1v) is 12.3. The van der Waals surface area contributed by atoms with E-state index < -0.39 is 66.2 Å². The zero-order chi connectivity index (χ0) is 28.0. The van der Waals surface area contributed by atoms with Crippen molar-refractivity contribution in [2.75, 3.05) is 6.54 Å². The van der Waals surface area contributed by atoms with Crippen LogP contribution in [0.4, 0.5) is 0 Å². The van der Waals surface area contributed by atoms with Crippen molar-refractivity contribution >= 4 is 29.7 Å². The molecule has 12 heteroatoms. The summed E-state index contributed by atoms with van der Waals surface area (Å²) in [5, 5.41) is 25.7. The fraction of sp³-hybridized carbons (Fsp3) is 0.560. The molecule has 0 saturated carbocycles. The molecule has 0 aliphatic rings. The van der Waals surface area contributed by atoms with Crippen LogP contribution in [-0.4, -0.2) is 70.6 Å². The normalized spacial score (nSPS) is 14.9. The van der Waals surface area contributed by atoms with E-state index in [1.165, 1.54) is 0 Å². The second kappa shape index (κ2) is 16.3. The number of carboxylic acid groups (broad SMARTS) is 2.